The number of hydrogen-bond donors (Lipinski definition) is 2. The normalized spacial score (nSPS) is 23.3. The molecule has 0 amide bonds. The molecule has 2 heterocycles. The first-order valence-electron chi connectivity index (χ1n) is 6.64. The maximum absolute atomic E-state index is 10.9. The van der Waals surface area contributed by atoms with E-state index >= 15 is 0 Å². The summed E-state index contributed by atoms with van der Waals surface area (Å²) in [7, 11) is 0. The minimum atomic E-state index is -1.00. The number of carboxylic acids is 1. The lowest BCUT2D eigenvalue weighted by atomic mass is 9.95. The van der Waals surface area contributed by atoms with E-state index in [0.717, 1.165) is 19.4 Å². The van der Waals surface area contributed by atoms with Crippen LogP contribution in [0.25, 0.3) is 0 Å². The van der Waals surface area contributed by atoms with Crippen molar-refractivity contribution in [3.05, 3.63) is 23.9 Å². The molecule has 1 aromatic rings. The van der Waals surface area contributed by atoms with Crippen LogP contribution in [0, 0.1) is 5.92 Å². The highest BCUT2D eigenvalue weighted by atomic mass is 16.5. The van der Waals surface area contributed by atoms with Gasteiger partial charge in [-0.05, 0) is 30.9 Å². The monoisotopic (exact) mass is 264 g/mol. The number of carboxylic acid groups (broad SMARTS) is 1. The average Bonchev–Trinajstić information content (AvgIpc) is 2.39. The van der Waals surface area contributed by atoms with Crippen LogP contribution in [0.1, 0.15) is 37.2 Å². The molecule has 2 rings (SSSR count). The summed E-state index contributed by atoms with van der Waals surface area (Å²) in [6.45, 7) is 5.03. The van der Waals surface area contributed by atoms with Crippen LogP contribution in [-0.2, 0) is 4.74 Å². The zero-order valence-corrected chi connectivity index (χ0v) is 11.3. The van der Waals surface area contributed by atoms with Crippen molar-refractivity contribution in [2.45, 2.75) is 38.8 Å². The van der Waals surface area contributed by atoms with E-state index in [1.807, 2.05) is 0 Å². The smallest absolute Gasteiger partial charge is 0.354 e. The molecule has 1 fully saturated rings. The minimum absolute atomic E-state index is 0.0671. The van der Waals surface area contributed by atoms with Crippen LogP contribution in [-0.4, -0.2) is 34.8 Å². The third-order valence-electron chi connectivity index (χ3n) is 3.38. The molecule has 0 radical (unpaired) electrons. The molecule has 0 spiro atoms. The Morgan fingerprint density at radius 1 is 1.53 bits per heavy atom. The number of carbonyl (C=O) groups is 1. The van der Waals surface area contributed by atoms with Crippen molar-refractivity contribution < 1.29 is 14.6 Å². The fourth-order valence-corrected chi connectivity index (χ4v) is 2.27. The lowest BCUT2D eigenvalue weighted by molar-refractivity contribution is -0.0161. The molecule has 0 bridgehead atoms. The Bertz CT molecular complexity index is 448. The van der Waals surface area contributed by atoms with Crippen molar-refractivity contribution in [1.29, 1.82) is 0 Å². The first-order valence-corrected chi connectivity index (χ1v) is 6.64. The van der Waals surface area contributed by atoms with Gasteiger partial charge in [-0.2, -0.15) is 0 Å². The Labute approximate surface area is 113 Å². The van der Waals surface area contributed by atoms with Crippen molar-refractivity contribution >= 4 is 11.8 Å². The lowest BCUT2D eigenvalue weighted by Gasteiger charge is -2.32. The number of ether oxygens (including phenoxy) is 1. The molecule has 104 valence electrons. The second-order valence-corrected chi connectivity index (χ2v) is 5.23. The number of rotatable bonds is 4. The lowest BCUT2D eigenvalue weighted by Crippen LogP contribution is -2.36. The van der Waals surface area contributed by atoms with Crippen molar-refractivity contribution in [2.75, 3.05) is 11.9 Å². The average molecular weight is 264 g/mol. The summed E-state index contributed by atoms with van der Waals surface area (Å²) in [5.41, 5.74) is 0.0671. The second kappa shape index (κ2) is 6.02. The highest BCUT2D eigenvalue weighted by Crippen LogP contribution is 2.22. The van der Waals surface area contributed by atoms with Crippen molar-refractivity contribution in [2.24, 2.45) is 5.92 Å². The molecule has 1 saturated heterocycles. The van der Waals surface area contributed by atoms with Gasteiger partial charge < -0.3 is 15.2 Å². The maximum Gasteiger partial charge on any atom is 0.354 e. The Kier molecular flexibility index (Phi) is 4.37. The van der Waals surface area contributed by atoms with E-state index in [4.69, 9.17) is 9.84 Å². The van der Waals surface area contributed by atoms with E-state index in [1.165, 1.54) is 6.07 Å². The molecule has 0 aromatic carbocycles. The summed E-state index contributed by atoms with van der Waals surface area (Å²) in [5, 5.41) is 12.2. The molecule has 0 aliphatic carbocycles. The van der Waals surface area contributed by atoms with E-state index in [9.17, 15) is 4.79 Å². The fraction of sp³-hybridized carbons (Fsp3) is 0.571. The highest BCUT2D eigenvalue weighted by Gasteiger charge is 2.25. The van der Waals surface area contributed by atoms with Crippen LogP contribution in [0.3, 0.4) is 0 Å². The summed E-state index contributed by atoms with van der Waals surface area (Å²) < 4.78 is 5.71. The summed E-state index contributed by atoms with van der Waals surface area (Å²) in [5.74, 6) is 0.105. The third-order valence-corrected chi connectivity index (χ3v) is 3.38. The molecule has 2 N–H and O–H groups in total. The largest absolute Gasteiger partial charge is 0.477 e. The molecule has 5 heteroatoms. The van der Waals surface area contributed by atoms with Gasteiger partial charge in [-0.25, -0.2) is 9.78 Å². The predicted molar refractivity (Wildman–Crippen MR) is 72.4 cm³/mol. The summed E-state index contributed by atoms with van der Waals surface area (Å²) >= 11 is 0. The topological polar surface area (TPSA) is 71.5 Å². The number of pyridine rings is 1. The molecule has 1 aromatic heterocycles. The summed E-state index contributed by atoms with van der Waals surface area (Å²) in [6.07, 6.45) is 2.10. The van der Waals surface area contributed by atoms with Gasteiger partial charge in [0.15, 0.2) is 5.69 Å². The van der Waals surface area contributed by atoms with Crippen LogP contribution in [0.2, 0.25) is 0 Å². The van der Waals surface area contributed by atoms with Gasteiger partial charge in [-0.3, -0.25) is 0 Å². The summed E-state index contributed by atoms with van der Waals surface area (Å²) in [4.78, 5) is 15.0. The quantitative estimate of drug-likeness (QED) is 0.873. The minimum Gasteiger partial charge on any atom is -0.477 e. The summed E-state index contributed by atoms with van der Waals surface area (Å²) in [6, 6.07) is 5.29. The Morgan fingerprint density at radius 2 is 2.32 bits per heavy atom. The van der Waals surface area contributed by atoms with Gasteiger partial charge in [0.25, 0.3) is 0 Å². The fourth-order valence-electron chi connectivity index (χ4n) is 2.27. The number of anilines is 1. The SMILES string of the molecule is CC(C)C1CC(Nc2cccc(C(=O)O)n2)CCO1. The molecule has 0 saturated carbocycles. The van der Waals surface area contributed by atoms with Gasteiger partial charge in [0, 0.05) is 12.6 Å². The highest BCUT2D eigenvalue weighted by molar-refractivity contribution is 5.85. The van der Waals surface area contributed by atoms with Crippen LogP contribution in [0.5, 0.6) is 0 Å². The van der Waals surface area contributed by atoms with E-state index in [2.05, 4.69) is 24.1 Å². The number of nitrogens with zero attached hydrogens (tertiary/aromatic N) is 1. The molecular formula is C14H20N2O3. The van der Waals surface area contributed by atoms with Gasteiger partial charge in [0.05, 0.1) is 6.10 Å². The zero-order valence-electron chi connectivity index (χ0n) is 11.3. The number of aromatic nitrogens is 1. The van der Waals surface area contributed by atoms with Crippen LogP contribution < -0.4 is 5.32 Å². The van der Waals surface area contributed by atoms with E-state index < -0.39 is 5.97 Å². The first-order chi connectivity index (χ1) is 9.06. The molecule has 19 heavy (non-hydrogen) atoms. The molecule has 5 nitrogen and oxygen atoms in total. The number of nitrogens with one attached hydrogen (secondary N) is 1. The van der Waals surface area contributed by atoms with Crippen molar-refractivity contribution in [3.8, 4) is 0 Å². The van der Waals surface area contributed by atoms with Gasteiger partial charge in [0.1, 0.15) is 5.82 Å². The third kappa shape index (κ3) is 3.67. The van der Waals surface area contributed by atoms with E-state index in [0.29, 0.717) is 11.7 Å². The Balaban J connectivity index is 2.00. The van der Waals surface area contributed by atoms with Gasteiger partial charge in [0.2, 0.25) is 0 Å². The zero-order chi connectivity index (χ0) is 13.8. The second-order valence-electron chi connectivity index (χ2n) is 5.23. The Hall–Kier alpha value is -1.62. The Morgan fingerprint density at radius 3 is 3.00 bits per heavy atom. The van der Waals surface area contributed by atoms with Gasteiger partial charge in [-0.15, -0.1) is 0 Å². The van der Waals surface area contributed by atoms with Crippen LogP contribution in [0.15, 0.2) is 18.2 Å². The molecule has 2 unspecified atom stereocenters. The van der Waals surface area contributed by atoms with Crippen molar-refractivity contribution in [1.82, 2.24) is 4.98 Å². The predicted octanol–water partition coefficient (Wildman–Crippen LogP) is 2.40. The molecule has 2 atom stereocenters. The standard InChI is InChI=1S/C14H20N2O3/c1-9(2)12-8-10(6-7-19-12)15-13-5-3-4-11(16-13)14(17)18/h3-5,9-10,12H,6-8H2,1-2H3,(H,15,16)(H,17,18). The molecular weight excluding hydrogens is 244 g/mol. The van der Waals surface area contributed by atoms with Crippen molar-refractivity contribution in [3.63, 3.8) is 0 Å². The molecule has 1 aliphatic heterocycles. The van der Waals surface area contributed by atoms with Crippen LogP contribution >= 0.6 is 0 Å². The van der Waals surface area contributed by atoms with E-state index in [1.54, 1.807) is 12.1 Å². The number of aromatic carboxylic acids is 1. The van der Waals surface area contributed by atoms with Crippen LogP contribution in [0.4, 0.5) is 5.82 Å². The van der Waals surface area contributed by atoms with Gasteiger partial charge in [-0.1, -0.05) is 19.9 Å². The first kappa shape index (κ1) is 13.8. The maximum atomic E-state index is 10.9. The van der Waals surface area contributed by atoms with Gasteiger partial charge >= 0.3 is 5.97 Å². The molecule has 1 aliphatic rings. The van der Waals surface area contributed by atoms with E-state index in [-0.39, 0.29) is 17.8 Å². The number of hydrogen-bond acceptors (Lipinski definition) is 4.